The van der Waals surface area contributed by atoms with Gasteiger partial charge in [0.1, 0.15) is 5.82 Å². The number of furan rings is 1. The van der Waals surface area contributed by atoms with Gasteiger partial charge in [0.2, 0.25) is 10.8 Å². The van der Waals surface area contributed by atoms with Crippen LogP contribution in [0.1, 0.15) is 32.2 Å². The highest BCUT2D eigenvalue weighted by molar-refractivity contribution is 7.17. The van der Waals surface area contributed by atoms with Gasteiger partial charge in [0, 0.05) is 31.1 Å². The molecule has 0 unspecified atom stereocenters. The first-order chi connectivity index (χ1) is 14.1. The van der Waals surface area contributed by atoms with Gasteiger partial charge in [-0.2, -0.15) is 4.52 Å². The van der Waals surface area contributed by atoms with Crippen LogP contribution in [0.25, 0.3) is 4.96 Å². The summed E-state index contributed by atoms with van der Waals surface area (Å²) in [5.41, 5.74) is 0. The Kier molecular flexibility index (Phi) is 4.61. The third-order valence-electron chi connectivity index (χ3n) is 5.07. The molecule has 1 N–H and O–H groups in total. The minimum atomic E-state index is -0.0929. The summed E-state index contributed by atoms with van der Waals surface area (Å²) in [6, 6.07) is 7.42. The molecule has 0 bridgehead atoms. The van der Waals surface area contributed by atoms with Gasteiger partial charge >= 0.3 is 0 Å². The average Bonchev–Trinajstić information content (AvgIpc) is 3.51. The Labute approximate surface area is 174 Å². The maximum Gasteiger partial charge on any atom is 0.289 e. The van der Waals surface area contributed by atoms with Crippen molar-refractivity contribution in [3.8, 4) is 5.88 Å². The Morgan fingerprint density at radius 2 is 2.07 bits per heavy atom. The second-order valence-corrected chi connectivity index (χ2v) is 8.86. The van der Waals surface area contributed by atoms with E-state index >= 15 is 0 Å². The lowest BCUT2D eigenvalue weighted by Gasteiger charge is -2.38. The Hall–Kier alpha value is -2.69. The fraction of sp³-hybridized carbons (Fsp3) is 0.316. The molecule has 1 fully saturated rings. The van der Waals surface area contributed by atoms with Crippen molar-refractivity contribution in [2.75, 3.05) is 26.2 Å². The highest BCUT2D eigenvalue weighted by Crippen LogP contribution is 2.41. The lowest BCUT2D eigenvalue weighted by atomic mass is 10.1. The Balaban J connectivity index is 1.42. The first kappa shape index (κ1) is 18.3. The van der Waals surface area contributed by atoms with Gasteiger partial charge in [-0.25, -0.2) is 4.98 Å². The van der Waals surface area contributed by atoms with E-state index in [4.69, 9.17) is 4.42 Å². The van der Waals surface area contributed by atoms with E-state index in [9.17, 15) is 9.90 Å². The summed E-state index contributed by atoms with van der Waals surface area (Å²) in [5, 5.41) is 17.2. The quantitative estimate of drug-likeness (QED) is 0.537. The molecule has 8 nitrogen and oxygen atoms in total. The van der Waals surface area contributed by atoms with Gasteiger partial charge in [0.25, 0.3) is 5.91 Å². The Morgan fingerprint density at radius 3 is 2.72 bits per heavy atom. The summed E-state index contributed by atoms with van der Waals surface area (Å²) in [7, 11) is 0. The van der Waals surface area contributed by atoms with Gasteiger partial charge in [0.05, 0.1) is 17.2 Å². The van der Waals surface area contributed by atoms with Crippen LogP contribution in [0.2, 0.25) is 0 Å². The Bertz CT molecular complexity index is 1120. The average molecular weight is 430 g/mol. The van der Waals surface area contributed by atoms with Crippen LogP contribution in [0, 0.1) is 6.92 Å². The zero-order valence-corrected chi connectivity index (χ0v) is 17.3. The lowest BCUT2D eigenvalue weighted by molar-refractivity contribution is 0.0570. The van der Waals surface area contributed by atoms with Crippen LogP contribution in [-0.2, 0) is 0 Å². The lowest BCUT2D eigenvalue weighted by Crippen LogP contribution is -2.49. The fourth-order valence-electron chi connectivity index (χ4n) is 3.69. The van der Waals surface area contributed by atoms with Crippen molar-refractivity contribution >= 4 is 33.5 Å². The van der Waals surface area contributed by atoms with Crippen molar-refractivity contribution in [3.05, 3.63) is 57.2 Å². The monoisotopic (exact) mass is 429 g/mol. The first-order valence-electron chi connectivity index (χ1n) is 9.27. The van der Waals surface area contributed by atoms with E-state index in [2.05, 4.69) is 21.0 Å². The van der Waals surface area contributed by atoms with Crippen molar-refractivity contribution in [1.82, 2.24) is 24.4 Å². The number of aromatic hydroxyl groups is 1. The summed E-state index contributed by atoms with van der Waals surface area (Å²) in [4.78, 5) is 23.7. The van der Waals surface area contributed by atoms with Gasteiger partial charge in [-0.05, 0) is 30.5 Å². The number of nitrogens with zero attached hydrogens (tertiary/aromatic N) is 5. The molecule has 0 aliphatic carbocycles. The van der Waals surface area contributed by atoms with E-state index in [-0.39, 0.29) is 17.8 Å². The molecule has 4 aromatic heterocycles. The van der Waals surface area contributed by atoms with Crippen molar-refractivity contribution in [1.29, 1.82) is 0 Å². The highest BCUT2D eigenvalue weighted by Gasteiger charge is 2.33. The van der Waals surface area contributed by atoms with Gasteiger partial charge < -0.3 is 14.4 Å². The second kappa shape index (κ2) is 7.29. The number of hydrogen-bond acceptors (Lipinski definition) is 8. The summed E-state index contributed by atoms with van der Waals surface area (Å²) in [6.45, 7) is 4.40. The molecular formula is C19H19N5O3S2. The highest BCUT2D eigenvalue weighted by atomic mass is 32.1. The molecule has 0 radical (unpaired) electrons. The van der Waals surface area contributed by atoms with E-state index in [0.717, 1.165) is 9.75 Å². The number of piperazine rings is 1. The molecule has 1 atom stereocenters. The third-order valence-corrected chi connectivity index (χ3v) is 7.06. The van der Waals surface area contributed by atoms with Crippen LogP contribution in [0.3, 0.4) is 0 Å². The molecule has 150 valence electrons. The van der Waals surface area contributed by atoms with Gasteiger partial charge in [-0.3, -0.25) is 9.69 Å². The number of carbonyl (C=O) groups excluding carboxylic acids is 1. The maximum absolute atomic E-state index is 12.6. The SMILES string of the molecule is Cc1nc2sc([C@@H](c3cccs3)N3CCN(C(=O)c4ccco4)CC3)c(O)n2n1. The summed E-state index contributed by atoms with van der Waals surface area (Å²) in [6.07, 6.45) is 1.52. The van der Waals surface area contributed by atoms with E-state index in [0.29, 0.717) is 42.7 Å². The number of amides is 1. The molecule has 10 heteroatoms. The van der Waals surface area contributed by atoms with E-state index < -0.39 is 0 Å². The van der Waals surface area contributed by atoms with Crippen molar-refractivity contribution in [3.63, 3.8) is 0 Å². The fourth-order valence-corrected chi connectivity index (χ4v) is 5.78. The number of carbonyl (C=O) groups is 1. The molecule has 5 heterocycles. The predicted octanol–water partition coefficient (Wildman–Crippen LogP) is 3.01. The van der Waals surface area contributed by atoms with Crippen LogP contribution in [-0.4, -0.2) is 61.6 Å². The zero-order chi connectivity index (χ0) is 20.0. The standard InChI is InChI=1S/C19H19N5O3S2/c1-12-20-19-24(21-12)18(26)16(29-19)15(14-5-3-11-28-14)22-6-8-23(9-7-22)17(25)13-4-2-10-27-13/h2-5,10-11,15,26H,6-9H2,1H3/t15-/m1/s1. The number of rotatable bonds is 4. The van der Waals surface area contributed by atoms with Gasteiger partial charge in [0.15, 0.2) is 5.76 Å². The molecule has 0 aromatic carbocycles. The number of thiophene rings is 1. The molecular weight excluding hydrogens is 410 g/mol. The van der Waals surface area contributed by atoms with E-state index in [1.54, 1.807) is 23.5 Å². The normalized spacial score (nSPS) is 16.5. The molecule has 1 amide bonds. The van der Waals surface area contributed by atoms with Crippen LogP contribution in [0.15, 0.2) is 40.3 Å². The van der Waals surface area contributed by atoms with Gasteiger partial charge in [-0.15, -0.1) is 16.4 Å². The molecule has 1 aliphatic heterocycles. The number of fused-ring (bicyclic) bond motifs is 1. The van der Waals surface area contributed by atoms with Crippen LogP contribution in [0.5, 0.6) is 5.88 Å². The largest absolute Gasteiger partial charge is 0.492 e. The Morgan fingerprint density at radius 1 is 1.24 bits per heavy atom. The number of aryl methyl sites for hydroxylation is 1. The predicted molar refractivity (Wildman–Crippen MR) is 110 cm³/mol. The number of aromatic nitrogens is 3. The van der Waals surface area contributed by atoms with Crippen LogP contribution in [0.4, 0.5) is 0 Å². The van der Waals surface area contributed by atoms with Crippen molar-refractivity contribution in [2.45, 2.75) is 13.0 Å². The topological polar surface area (TPSA) is 87.1 Å². The summed E-state index contributed by atoms with van der Waals surface area (Å²) in [5.74, 6) is 1.06. The molecule has 5 rings (SSSR count). The maximum atomic E-state index is 12.6. The summed E-state index contributed by atoms with van der Waals surface area (Å²) >= 11 is 3.12. The number of hydrogen-bond donors (Lipinski definition) is 1. The second-order valence-electron chi connectivity index (χ2n) is 6.87. The molecule has 1 aliphatic rings. The van der Waals surface area contributed by atoms with E-state index in [1.165, 1.54) is 22.1 Å². The minimum Gasteiger partial charge on any atom is -0.492 e. The van der Waals surface area contributed by atoms with Crippen molar-refractivity contribution in [2.24, 2.45) is 0 Å². The smallest absolute Gasteiger partial charge is 0.289 e. The van der Waals surface area contributed by atoms with Crippen LogP contribution >= 0.6 is 22.7 Å². The van der Waals surface area contributed by atoms with Gasteiger partial charge in [-0.1, -0.05) is 17.4 Å². The molecule has 1 saturated heterocycles. The zero-order valence-electron chi connectivity index (χ0n) is 15.7. The third kappa shape index (κ3) is 3.22. The number of thiazole rings is 1. The molecule has 0 saturated carbocycles. The van der Waals surface area contributed by atoms with Crippen LogP contribution < -0.4 is 0 Å². The first-order valence-corrected chi connectivity index (χ1v) is 11.0. The van der Waals surface area contributed by atoms with Crippen molar-refractivity contribution < 1.29 is 14.3 Å². The van der Waals surface area contributed by atoms with E-state index in [1.807, 2.05) is 23.3 Å². The molecule has 0 spiro atoms. The minimum absolute atomic E-state index is 0.0839. The molecule has 29 heavy (non-hydrogen) atoms. The summed E-state index contributed by atoms with van der Waals surface area (Å²) < 4.78 is 6.76. The molecule has 4 aromatic rings.